The van der Waals surface area contributed by atoms with E-state index in [0.717, 1.165) is 24.8 Å². The predicted octanol–water partition coefficient (Wildman–Crippen LogP) is 3.79. The fourth-order valence-corrected chi connectivity index (χ4v) is 1.61. The minimum Gasteiger partial charge on any atom is -0.325 e. The third kappa shape index (κ3) is 3.72. The Kier molecular flexibility index (Phi) is 5.62. The van der Waals surface area contributed by atoms with Crippen LogP contribution in [0.1, 0.15) is 32.3 Å². The molecule has 2 amide bonds. The molecule has 1 aromatic rings. The second kappa shape index (κ2) is 6.99. The van der Waals surface area contributed by atoms with Gasteiger partial charge < -0.3 is 4.90 Å². The van der Waals surface area contributed by atoms with Crippen molar-refractivity contribution in [1.82, 2.24) is 4.90 Å². The van der Waals surface area contributed by atoms with Gasteiger partial charge in [0.25, 0.3) is 0 Å². The van der Waals surface area contributed by atoms with Crippen LogP contribution >= 0.6 is 0 Å². The molecule has 1 aromatic carbocycles. The quantitative estimate of drug-likeness (QED) is 0.731. The van der Waals surface area contributed by atoms with Crippen molar-refractivity contribution in [3.05, 3.63) is 29.8 Å². The van der Waals surface area contributed by atoms with Crippen molar-refractivity contribution in [2.24, 2.45) is 0 Å². The molecule has 0 N–H and O–H groups in total. The third-order valence-electron chi connectivity index (χ3n) is 2.91. The van der Waals surface area contributed by atoms with Gasteiger partial charge in [0.2, 0.25) is 0 Å². The van der Waals surface area contributed by atoms with Gasteiger partial charge in [-0.3, -0.25) is 0 Å². The summed E-state index contributed by atoms with van der Waals surface area (Å²) in [7, 11) is 1.62. The number of urea groups is 1. The Bertz CT molecular complexity index is 378. The van der Waals surface area contributed by atoms with Crippen LogP contribution < -0.4 is 5.12 Å². The van der Waals surface area contributed by atoms with Gasteiger partial charge in [-0.1, -0.05) is 36.9 Å². The molecular formula is C14H21FN2O. The Labute approximate surface area is 108 Å². The Hall–Kier alpha value is -1.58. The maximum Gasteiger partial charge on any atom is 0.352 e. The van der Waals surface area contributed by atoms with Crippen molar-refractivity contribution in [2.45, 2.75) is 33.1 Å². The lowest BCUT2D eigenvalue weighted by Gasteiger charge is -2.21. The van der Waals surface area contributed by atoms with Gasteiger partial charge in [0.15, 0.2) is 0 Å². The number of hydrogen-bond donors (Lipinski definition) is 0. The first-order chi connectivity index (χ1) is 8.60. The molecule has 0 radical (unpaired) electrons. The molecule has 0 saturated heterocycles. The summed E-state index contributed by atoms with van der Waals surface area (Å²) in [4.78, 5) is 13.2. The zero-order chi connectivity index (χ0) is 13.5. The first-order valence-electron chi connectivity index (χ1n) is 6.40. The molecule has 0 atom stereocenters. The minimum atomic E-state index is -0.618. The topological polar surface area (TPSA) is 23.6 Å². The highest BCUT2D eigenvalue weighted by atomic mass is 19.2. The Morgan fingerprint density at radius 3 is 2.33 bits per heavy atom. The van der Waals surface area contributed by atoms with Gasteiger partial charge in [-0.25, -0.2) is 4.79 Å². The van der Waals surface area contributed by atoms with E-state index in [2.05, 4.69) is 0 Å². The number of carbonyl (C=O) groups is 1. The lowest BCUT2D eigenvalue weighted by atomic mass is 10.1. The van der Waals surface area contributed by atoms with E-state index in [1.807, 2.05) is 26.0 Å². The van der Waals surface area contributed by atoms with E-state index in [4.69, 9.17) is 0 Å². The van der Waals surface area contributed by atoms with Crippen LogP contribution in [0.4, 0.5) is 15.0 Å². The molecule has 100 valence electrons. The highest BCUT2D eigenvalue weighted by Crippen LogP contribution is 2.17. The van der Waals surface area contributed by atoms with Gasteiger partial charge in [0.05, 0.1) is 5.69 Å². The fraction of sp³-hybridized carbons (Fsp3) is 0.500. The summed E-state index contributed by atoms with van der Waals surface area (Å²) in [6.45, 7) is 4.64. The SMILES string of the molecule is CCCCN(C)C(=O)N(F)c1ccc(CC)cc1. The summed E-state index contributed by atoms with van der Waals surface area (Å²) in [6, 6.07) is 6.31. The number of amides is 2. The van der Waals surface area contributed by atoms with Crippen molar-refractivity contribution in [2.75, 3.05) is 18.7 Å². The van der Waals surface area contributed by atoms with Gasteiger partial charge in [-0.2, -0.15) is 0 Å². The standard InChI is InChI=1S/C14H21FN2O/c1-4-6-11-16(3)14(18)17(15)13-9-7-12(5-2)8-10-13/h7-10H,4-6,11H2,1-3H3. The van der Waals surface area contributed by atoms with Gasteiger partial charge in [0, 0.05) is 13.6 Å². The summed E-state index contributed by atoms with van der Waals surface area (Å²) in [5, 5.41) is 0.203. The maximum atomic E-state index is 13.9. The van der Waals surface area contributed by atoms with E-state index in [1.165, 1.54) is 4.90 Å². The van der Waals surface area contributed by atoms with Crippen LogP contribution in [0.2, 0.25) is 0 Å². The summed E-state index contributed by atoms with van der Waals surface area (Å²) >= 11 is 0. The summed E-state index contributed by atoms with van der Waals surface area (Å²) < 4.78 is 13.9. The molecule has 1 rings (SSSR count). The fourth-order valence-electron chi connectivity index (χ4n) is 1.61. The normalized spacial score (nSPS) is 10.2. The summed E-state index contributed by atoms with van der Waals surface area (Å²) in [5.74, 6) is 0. The number of aryl methyl sites for hydroxylation is 1. The van der Waals surface area contributed by atoms with Crippen LogP contribution in [0.5, 0.6) is 0 Å². The Morgan fingerprint density at radius 1 is 1.22 bits per heavy atom. The van der Waals surface area contributed by atoms with E-state index in [-0.39, 0.29) is 10.8 Å². The number of unbranched alkanes of at least 4 members (excludes halogenated alkanes) is 1. The van der Waals surface area contributed by atoms with Crippen LogP contribution in [0.25, 0.3) is 0 Å². The van der Waals surface area contributed by atoms with E-state index in [1.54, 1.807) is 19.2 Å². The second-order valence-corrected chi connectivity index (χ2v) is 4.36. The highest BCUT2D eigenvalue weighted by Gasteiger charge is 2.18. The number of nitrogens with zero attached hydrogens (tertiary/aromatic N) is 2. The van der Waals surface area contributed by atoms with E-state index >= 15 is 0 Å². The first-order valence-corrected chi connectivity index (χ1v) is 6.40. The molecule has 0 spiro atoms. The second-order valence-electron chi connectivity index (χ2n) is 4.36. The van der Waals surface area contributed by atoms with Crippen LogP contribution in [0.15, 0.2) is 24.3 Å². The number of anilines is 1. The van der Waals surface area contributed by atoms with Crippen molar-refractivity contribution < 1.29 is 9.28 Å². The van der Waals surface area contributed by atoms with Crippen molar-refractivity contribution in [3.63, 3.8) is 0 Å². The predicted molar refractivity (Wildman–Crippen MR) is 72.3 cm³/mol. The van der Waals surface area contributed by atoms with Crippen molar-refractivity contribution in [3.8, 4) is 0 Å². The lowest BCUT2D eigenvalue weighted by Crippen LogP contribution is -2.37. The maximum absolute atomic E-state index is 13.9. The monoisotopic (exact) mass is 252 g/mol. The van der Waals surface area contributed by atoms with E-state index in [0.29, 0.717) is 6.54 Å². The summed E-state index contributed by atoms with van der Waals surface area (Å²) in [5.41, 5.74) is 1.40. The van der Waals surface area contributed by atoms with Gasteiger partial charge in [-0.05, 0) is 30.5 Å². The Morgan fingerprint density at radius 2 is 1.83 bits per heavy atom. The molecule has 18 heavy (non-hydrogen) atoms. The molecule has 0 aliphatic rings. The average Bonchev–Trinajstić information content (AvgIpc) is 2.43. The number of hydrogen-bond acceptors (Lipinski definition) is 1. The number of rotatable bonds is 5. The number of carbonyl (C=O) groups excluding carboxylic acids is 1. The zero-order valence-electron chi connectivity index (χ0n) is 11.3. The molecule has 4 heteroatoms. The van der Waals surface area contributed by atoms with Gasteiger partial charge in [-0.15, -0.1) is 5.12 Å². The first kappa shape index (κ1) is 14.5. The third-order valence-corrected chi connectivity index (χ3v) is 2.91. The molecule has 0 bridgehead atoms. The van der Waals surface area contributed by atoms with Gasteiger partial charge in [0.1, 0.15) is 0 Å². The lowest BCUT2D eigenvalue weighted by molar-refractivity contribution is 0.200. The van der Waals surface area contributed by atoms with Crippen LogP contribution in [-0.2, 0) is 6.42 Å². The van der Waals surface area contributed by atoms with E-state index in [9.17, 15) is 9.28 Å². The van der Waals surface area contributed by atoms with Crippen LogP contribution in [0.3, 0.4) is 0 Å². The number of halogens is 1. The molecule has 0 unspecified atom stereocenters. The average molecular weight is 252 g/mol. The molecular weight excluding hydrogens is 231 g/mol. The van der Waals surface area contributed by atoms with Crippen molar-refractivity contribution >= 4 is 11.7 Å². The van der Waals surface area contributed by atoms with E-state index < -0.39 is 6.03 Å². The minimum absolute atomic E-state index is 0.203. The molecule has 0 aliphatic heterocycles. The molecule has 0 aromatic heterocycles. The molecule has 0 heterocycles. The van der Waals surface area contributed by atoms with Crippen LogP contribution in [-0.4, -0.2) is 24.5 Å². The molecule has 3 nitrogen and oxygen atoms in total. The van der Waals surface area contributed by atoms with Gasteiger partial charge >= 0.3 is 6.03 Å². The number of benzene rings is 1. The molecule has 0 aliphatic carbocycles. The van der Waals surface area contributed by atoms with Crippen molar-refractivity contribution in [1.29, 1.82) is 0 Å². The smallest absolute Gasteiger partial charge is 0.325 e. The zero-order valence-corrected chi connectivity index (χ0v) is 11.3. The summed E-state index contributed by atoms with van der Waals surface area (Å²) in [6.07, 6.45) is 2.76. The molecule has 0 fully saturated rings. The highest BCUT2D eigenvalue weighted by molar-refractivity contribution is 5.89. The van der Waals surface area contributed by atoms with Crippen LogP contribution in [0, 0.1) is 0 Å². The molecule has 0 saturated carbocycles. The Balaban J connectivity index is 2.67. The largest absolute Gasteiger partial charge is 0.352 e.